The van der Waals surface area contributed by atoms with Crippen molar-refractivity contribution in [1.29, 1.82) is 0 Å². The minimum Gasteiger partial charge on any atom is -0.264 e. The van der Waals surface area contributed by atoms with E-state index >= 15 is 0 Å². The van der Waals surface area contributed by atoms with Crippen LogP contribution in [0, 0.1) is 17.3 Å². The third-order valence-corrected chi connectivity index (χ3v) is 4.90. The molecule has 0 bridgehead atoms. The highest BCUT2D eigenvalue weighted by Gasteiger charge is 2.38. The Bertz CT molecular complexity index is 374. The normalized spacial score (nSPS) is 29.2. The lowest BCUT2D eigenvalue weighted by Crippen LogP contribution is -2.37. The molecule has 0 radical (unpaired) electrons. The second kappa shape index (κ2) is 5.61. The fraction of sp³-hybridized carbons (Fsp3) is 0.688. The first-order chi connectivity index (χ1) is 8.49. The molecule has 2 heteroatoms. The summed E-state index contributed by atoms with van der Waals surface area (Å²) in [7, 11) is 0. The molecule has 1 nitrogen and oxygen atoms in total. The van der Waals surface area contributed by atoms with Gasteiger partial charge in [0.2, 0.25) is 0 Å². The van der Waals surface area contributed by atoms with Gasteiger partial charge in [-0.2, -0.15) is 0 Å². The largest absolute Gasteiger partial charge is 0.264 e. The first-order valence-corrected chi connectivity index (χ1v) is 7.45. The maximum atomic E-state index is 6.61. The molecule has 0 aromatic carbocycles. The number of aromatic nitrogens is 1. The molecule has 100 valence electrons. The van der Waals surface area contributed by atoms with Crippen molar-refractivity contribution in [2.45, 2.75) is 51.8 Å². The first-order valence-electron chi connectivity index (χ1n) is 7.02. The highest BCUT2D eigenvalue weighted by atomic mass is 35.5. The van der Waals surface area contributed by atoms with Crippen LogP contribution >= 0.6 is 11.6 Å². The lowest BCUT2D eigenvalue weighted by atomic mass is 9.66. The molecule has 18 heavy (non-hydrogen) atoms. The Morgan fingerprint density at radius 2 is 2.17 bits per heavy atom. The van der Waals surface area contributed by atoms with Gasteiger partial charge in [-0.15, -0.1) is 11.6 Å². The van der Waals surface area contributed by atoms with Crippen LogP contribution < -0.4 is 0 Å². The molecule has 1 aromatic rings. The summed E-state index contributed by atoms with van der Waals surface area (Å²) in [6.45, 7) is 7.03. The van der Waals surface area contributed by atoms with Gasteiger partial charge in [-0.25, -0.2) is 0 Å². The van der Waals surface area contributed by atoms with E-state index < -0.39 is 0 Å². The van der Waals surface area contributed by atoms with Crippen LogP contribution in [0.5, 0.6) is 0 Å². The summed E-state index contributed by atoms with van der Waals surface area (Å²) < 4.78 is 0. The predicted molar refractivity (Wildman–Crippen MR) is 77.9 cm³/mol. The number of halogens is 1. The van der Waals surface area contributed by atoms with Crippen molar-refractivity contribution in [1.82, 2.24) is 4.98 Å². The van der Waals surface area contributed by atoms with E-state index in [0.29, 0.717) is 11.3 Å². The van der Waals surface area contributed by atoms with Gasteiger partial charge in [-0.1, -0.05) is 33.3 Å². The average Bonchev–Trinajstić information content (AvgIpc) is 2.29. The monoisotopic (exact) mass is 265 g/mol. The van der Waals surface area contributed by atoms with Crippen molar-refractivity contribution in [3.8, 4) is 0 Å². The van der Waals surface area contributed by atoms with Crippen LogP contribution in [0.1, 0.15) is 45.6 Å². The maximum absolute atomic E-state index is 6.61. The topological polar surface area (TPSA) is 12.9 Å². The van der Waals surface area contributed by atoms with E-state index in [9.17, 15) is 0 Å². The van der Waals surface area contributed by atoms with Gasteiger partial charge in [0.15, 0.2) is 0 Å². The summed E-state index contributed by atoms with van der Waals surface area (Å²) in [6, 6.07) is 4.19. The molecule has 0 spiro atoms. The van der Waals surface area contributed by atoms with Crippen molar-refractivity contribution in [3.05, 3.63) is 30.1 Å². The van der Waals surface area contributed by atoms with Crippen molar-refractivity contribution in [2.24, 2.45) is 17.3 Å². The van der Waals surface area contributed by atoms with E-state index in [4.69, 9.17) is 11.6 Å². The molecule has 0 amide bonds. The molecule has 0 saturated heterocycles. The van der Waals surface area contributed by atoms with Crippen LogP contribution in [0.2, 0.25) is 0 Å². The summed E-state index contributed by atoms with van der Waals surface area (Å²) in [5, 5.41) is 0.334. The maximum Gasteiger partial charge on any atom is 0.0372 e. The molecule has 1 saturated carbocycles. The van der Waals surface area contributed by atoms with Crippen LogP contribution in [-0.2, 0) is 6.42 Å². The van der Waals surface area contributed by atoms with E-state index in [0.717, 1.165) is 12.3 Å². The van der Waals surface area contributed by atoms with Crippen molar-refractivity contribution in [3.63, 3.8) is 0 Å². The minimum absolute atomic E-state index is 0.260. The lowest BCUT2D eigenvalue weighted by Gasteiger charge is -2.42. The number of nitrogens with zero attached hydrogens (tertiary/aromatic N) is 1. The van der Waals surface area contributed by atoms with Gasteiger partial charge in [0, 0.05) is 17.8 Å². The Balaban J connectivity index is 2.06. The fourth-order valence-electron chi connectivity index (χ4n) is 3.35. The molecule has 1 fully saturated rings. The second-order valence-electron chi connectivity index (χ2n) is 6.57. The van der Waals surface area contributed by atoms with E-state index in [-0.39, 0.29) is 5.41 Å². The number of pyridine rings is 1. The van der Waals surface area contributed by atoms with E-state index in [1.54, 1.807) is 0 Å². The molecule has 1 aliphatic rings. The zero-order valence-electron chi connectivity index (χ0n) is 11.7. The molecule has 1 aliphatic carbocycles. The van der Waals surface area contributed by atoms with Crippen molar-refractivity contribution < 1.29 is 0 Å². The Morgan fingerprint density at radius 3 is 2.78 bits per heavy atom. The van der Waals surface area contributed by atoms with E-state index in [1.807, 2.05) is 18.5 Å². The Kier molecular flexibility index (Phi) is 4.32. The lowest BCUT2D eigenvalue weighted by molar-refractivity contribution is 0.142. The van der Waals surface area contributed by atoms with Gasteiger partial charge >= 0.3 is 0 Å². The number of rotatable bonds is 3. The summed E-state index contributed by atoms with van der Waals surface area (Å²) in [6.07, 6.45) is 8.65. The molecule has 3 atom stereocenters. The van der Waals surface area contributed by atoms with Crippen LogP contribution in [0.25, 0.3) is 0 Å². The Labute approximate surface area is 116 Å². The van der Waals surface area contributed by atoms with Crippen LogP contribution in [0.15, 0.2) is 24.5 Å². The zero-order valence-corrected chi connectivity index (χ0v) is 12.5. The highest BCUT2D eigenvalue weighted by Crippen LogP contribution is 2.44. The molecule has 0 N–H and O–H groups in total. The molecular formula is C16H24ClN. The second-order valence-corrected chi connectivity index (χ2v) is 7.13. The molecular weight excluding hydrogens is 242 g/mol. The van der Waals surface area contributed by atoms with Gasteiger partial charge < -0.3 is 0 Å². The summed E-state index contributed by atoms with van der Waals surface area (Å²) in [5.74, 6) is 1.41. The summed E-state index contributed by atoms with van der Waals surface area (Å²) in [5.41, 5.74) is 1.58. The van der Waals surface area contributed by atoms with Gasteiger partial charge in [-0.05, 0) is 48.1 Å². The minimum atomic E-state index is 0.260. The van der Waals surface area contributed by atoms with Crippen LogP contribution in [-0.4, -0.2) is 10.4 Å². The quantitative estimate of drug-likeness (QED) is 0.723. The molecule has 1 aromatic heterocycles. The summed E-state index contributed by atoms with van der Waals surface area (Å²) in [4.78, 5) is 4.21. The Hall–Kier alpha value is -0.560. The predicted octanol–water partition coefficient (Wildman–Crippen LogP) is 4.69. The number of hydrogen-bond acceptors (Lipinski definition) is 1. The fourth-order valence-corrected chi connectivity index (χ4v) is 4.12. The van der Waals surface area contributed by atoms with E-state index in [2.05, 4.69) is 31.8 Å². The summed E-state index contributed by atoms with van der Waals surface area (Å²) >= 11 is 6.61. The third kappa shape index (κ3) is 3.26. The number of alkyl halides is 1. The van der Waals surface area contributed by atoms with Crippen molar-refractivity contribution >= 4 is 11.6 Å². The van der Waals surface area contributed by atoms with Gasteiger partial charge in [-0.3, -0.25) is 4.98 Å². The van der Waals surface area contributed by atoms with Gasteiger partial charge in [0.05, 0.1) is 0 Å². The van der Waals surface area contributed by atoms with Gasteiger partial charge in [0.1, 0.15) is 0 Å². The first kappa shape index (κ1) is 13.9. The molecule has 2 rings (SSSR count). The molecule has 1 heterocycles. The van der Waals surface area contributed by atoms with Crippen LogP contribution in [0.3, 0.4) is 0 Å². The SMILES string of the molecule is CC1CCC(C(C)(C)Cc2cccnc2)C(Cl)C1. The van der Waals surface area contributed by atoms with Crippen molar-refractivity contribution in [2.75, 3.05) is 0 Å². The molecule has 3 unspecified atom stereocenters. The average molecular weight is 266 g/mol. The van der Waals surface area contributed by atoms with E-state index in [1.165, 1.54) is 24.8 Å². The number of hydrogen-bond donors (Lipinski definition) is 0. The standard InChI is InChI=1S/C16H24ClN/c1-12-6-7-14(15(17)9-12)16(2,3)10-13-5-4-8-18-11-13/h4-5,8,11-12,14-15H,6-7,9-10H2,1-3H3. The smallest absolute Gasteiger partial charge is 0.0372 e. The Morgan fingerprint density at radius 1 is 1.39 bits per heavy atom. The zero-order chi connectivity index (χ0) is 13.2. The van der Waals surface area contributed by atoms with Gasteiger partial charge in [0.25, 0.3) is 0 Å². The van der Waals surface area contributed by atoms with Crippen LogP contribution in [0.4, 0.5) is 0 Å². The molecule has 0 aliphatic heterocycles. The third-order valence-electron chi connectivity index (χ3n) is 4.42. The highest BCUT2D eigenvalue weighted by molar-refractivity contribution is 6.20.